The first kappa shape index (κ1) is 19.0. The van der Waals surface area contributed by atoms with Crippen LogP contribution in [0.1, 0.15) is 55.5 Å². The first-order chi connectivity index (χ1) is 10.7. The van der Waals surface area contributed by atoms with Crippen molar-refractivity contribution in [1.29, 1.82) is 0 Å². The first-order valence-electron chi connectivity index (χ1n) is 7.69. The predicted molar refractivity (Wildman–Crippen MR) is 84.9 cm³/mol. The monoisotopic (exact) mass is 326 g/mol. The third kappa shape index (κ3) is 4.99. The molecule has 0 fully saturated rings. The van der Waals surface area contributed by atoms with Gasteiger partial charge < -0.3 is 10.4 Å². The summed E-state index contributed by atoms with van der Waals surface area (Å²) in [6.07, 6.45) is 2.49. The third-order valence-electron chi connectivity index (χ3n) is 3.70. The zero-order valence-corrected chi connectivity index (χ0v) is 13.7. The number of nitrogens with one attached hydrogen (secondary N) is 1. The van der Waals surface area contributed by atoms with Crippen molar-refractivity contribution < 1.29 is 19.2 Å². The van der Waals surface area contributed by atoms with E-state index in [1.807, 2.05) is 13.8 Å². The SMILES string of the molecule is CCCC(O)(CCC)CNC(=O)c1cc(F)cc(C)c1[N+](=O)[O-]. The van der Waals surface area contributed by atoms with E-state index in [1.54, 1.807) is 0 Å². The molecule has 1 aromatic carbocycles. The quantitative estimate of drug-likeness (QED) is 0.567. The average Bonchev–Trinajstić information content (AvgIpc) is 2.44. The van der Waals surface area contributed by atoms with E-state index < -0.39 is 27.9 Å². The highest BCUT2D eigenvalue weighted by Crippen LogP contribution is 2.25. The third-order valence-corrected chi connectivity index (χ3v) is 3.70. The molecule has 1 aromatic rings. The smallest absolute Gasteiger partial charge is 0.285 e. The molecular weight excluding hydrogens is 303 g/mol. The molecule has 0 saturated carbocycles. The molecule has 1 rings (SSSR count). The van der Waals surface area contributed by atoms with Crippen molar-refractivity contribution in [2.45, 2.75) is 52.1 Å². The van der Waals surface area contributed by atoms with Crippen molar-refractivity contribution in [3.8, 4) is 0 Å². The lowest BCUT2D eigenvalue weighted by atomic mass is 9.92. The Morgan fingerprint density at radius 2 is 1.91 bits per heavy atom. The Balaban J connectivity index is 3.00. The second-order valence-corrected chi connectivity index (χ2v) is 5.78. The van der Waals surface area contributed by atoms with E-state index in [4.69, 9.17) is 0 Å². The second kappa shape index (κ2) is 8.01. The van der Waals surface area contributed by atoms with Gasteiger partial charge in [-0.25, -0.2) is 4.39 Å². The van der Waals surface area contributed by atoms with Gasteiger partial charge in [-0.1, -0.05) is 26.7 Å². The molecule has 0 heterocycles. The minimum atomic E-state index is -1.06. The lowest BCUT2D eigenvalue weighted by molar-refractivity contribution is -0.385. The van der Waals surface area contributed by atoms with Crippen molar-refractivity contribution in [2.75, 3.05) is 6.54 Å². The average molecular weight is 326 g/mol. The maximum Gasteiger partial charge on any atom is 0.285 e. The Hall–Kier alpha value is -2.02. The van der Waals surface area contributed by atoms with Crippen LogP contribution < -0.4 is 5.32 Å². The molecule has 128 valence electrons. The fourth-order valence-corrected chi connectivity index (χ4v) is 2.72. The zero-order chi connectivity index (χ0) is 17.6. The summed E-state index contributed by atoms with van der Waals surface area (Å²) >= 11 is 0. The van der Waals surface area contributed by atoms with Gasteiger partial charge in [0.1, 0.15) is 11.4 Å². The summed E-state index contributed by atoms with van der Waals surface area (Å²) < 4.78 is 13.5. The minimum Gasteiger partial charge on any atom is -0.388 e. The summed E-state index contributed by atoms with van der Waals surface area (Å²) in [6.45, 7) is 5.19. The minimum absolute atomic E-state index is 0.0276. The second-order valence-electron chi connectivity index (χ2n) is 5.78. The van der Waals surface area contributed by atoms with Crippen LogP contribution in [0.3, 0.4) is 0 Å². The molecule has 6 nitrogen and oxygen atoms in total. The van der Waals surface area contributed by atoms with Crippen molar-refractivity contribution in [1.82, 2.24) is 5.32 Å². The molecule has 0 bridgehead atoms. The van der Waals surface area contributed by atoms with Gasteiger partial charge in [0.2, 0.25) is 0 Å². The van der Waals surface area contributed by atoms with E-state index in [1.165, 1.54) is 6.92 Å². The number of nitro benzene ring substituents is 1. The van der Waals surface area contributed by atoms with E-state index in [2.05, 4.69) is 5.32 Å². The van der Waals surface area contributed by atoms with Gasteiger partial charge in [-0.05, 0) is 31.9 Å². The fourth-order valence-electron chi connectivity index (χ4n) is 2.72. The lowest BCUT2D eigenvalue weighted by Crippen LogP contribution is -2.43. The van der Waals surface area contributed by atoms with Crippen LogP contribution in [0, 0.1) is 22.9 Å². The van der Waals surface area contributed by atoms with Crippen LogP contribution in [0.4, 0.5) is 10.1 Å². The maximum atomic E-state index is 13.5. The largest absolute Gasteiger partial charge is 0.388 e. The molecule has 0 radical (unpaired) electrons. The molecule has 0 aromatic heterocycles. The summed E-state index contributed by atoms with van der Waals surface area (Å²) in [5.74, 6) is -1.47. The number of nitrogens with zero attached hydrogens (tertiary/aromatic N) is 1. The molecule has 2 N–H and O–H groups in total. The number of hydrogen-bond acceptors (Lipinski definition) is 4. The zero-order valence-electron chi connectivity index (χ0n) is 13.7. The lowest BCUT2D eigenvalue weighted by Gasteiger charge is -2.27. The highest BCUT2D eigenvalue weighted by molar-refractivity contribution is 5.98. The normalized spacial score (nSPS) is 11.3. The number of hydrogen-bond donors (Lipinski definition) is 2. The number of carbonyl (C=O) groups excluding carboxylic acids is 1. The van der Waals surface area contributed by atoms with Crippen LogP contribution in [0.5, 0.6) is 0 Å². The fraction of sp³-hybridized carbons (Fsp3) is 0.562. The number of halogens is 1. The van der Waals surface area contributed by atoms with E-state index in [0.717, 1.165) is 25.0 Å². The summed E-state index contributed by atoms with van der Waals surface area (Å²) in [5.41, 5.74) is -1.73. The van der Waals surface area contributed by atoms with E-state index in [-0.39, 0.29) is 17.7 Å². The van der Waals surface area contributed by atoms with Crippen LogP contribution in [0.15, 0.2) is 12.1 Å². The Kier molecular flexibility index (Phi) is 6.62. The molecule has 23 heavy (non-hydrogen) atoms. The molecule has 0 aliphatic heterocycles. The van der Waals surface area contributed by atoms with Gasteiger partial charge in [0, 0.05) is 12.1 Å². The summed E-state index contributed by atoms with van der Waals surface area (Å²) in [7, 11) is 0. The number of benzene rings is 1. The van der Waals surface area contributed by atoms with Crippen LogP contribution in [0.2, 0.25) is 0 Å². The number of aliphatic hydroxyl groups is 1. The molecule has 0 saturated heterocycles. The summed E-state index contributed by atoms with van der Waals surface area (Å²) in [4.78, 5) is 22.7. The molecule has 7 heteroatoms. The van der Waals surface area contributed by atoms with Crippen LogP contribution in [-0.2, 0) is 0 Å². The molecule has 0 aliphatic carbocycles. The van der Waals surface area contributed by atoms with Gasteiger partial charge in [-0.2, -0.15) is 0 Å². The maximum absolute atomic E-state index is 13.5. The van der Waals surface area contributed by atoms with Gasteiger partial charge in [0.25, 0.3) is 11.6 Å². The van der Waals surface area contributed by atoms with Crippen LogP contribution in [-0.4, -0.2) is 28.1 Å². The van der Waals surface area contributed by atoms with Gasteiger partial charge in [0.05, 0.1) is 10.5 Å². The Labute approximate surface area is 134 Å². The predicted octanol–water partition coefficient (Wildman–Crippen LogP) is 3.10. The van der Waals surface area contributed by atoms with Gasteiger partial charge in [0.15, 0.2) is 0 Å². The van der Waals surface area contributed by atoms with E-state index >= 15 is 0 Å². The number of carbonyl (C=O) groups is 1. The topological polar surface area (TPSA) is 92.5 Å². The molecular formula is C16H23FN2O4. The number of aryl methyl sites for hydroxylation is 1. The van der Waals surface area contributed by atoms with Crippen molar-refractivity contribution in [3.63, 3.8) is 0 Å². The molecule has 0 spiro atoms. The van der Waals surface area contributed by atoms with Crippen LogP contribution >= 0.6 is 0 Å². The van der Waals surface area contributed by atoms with E-state index in [9.17, 15) is 24.4 Å². The van der Waals surface area contributed by atoms with Gasteiger partial charge in [-0.15, -0.1) is 0 Å². The van der Waals surface area contributed by atoms with Gasteiger partial charge >= 0.3 is 0 Å². The molecule has 0 aliphatic rings. The molecule has 0 unspecified atom stereocenters. The number of rotatable bonds is 8. The molecule has 0 atom stereocenters. The highest BCUT2D eigenvalue weighted by Gasteiger charge is 2.28. The van der Waals surface area contributed by atoms with Gasteiger partial charge in [-0.3, -0.25) is 14.9 Å². The standard InChI is InChI=1S/C16H23FN2O4/c1-4-6-16(21,7-5-2)10-18-15(20)13-9-12(17)8-11(3)14(13)19(22)23/h8-9,21H,4-7,10H2,1-3H3,(H,18,20). The first-order valence-corrected chi connectivity index (χ1v) is 7.69. The number of amides is 1. The van der Waals surface area contributed by atoms with Crippen LogP contribution in [0.25, 0.3) is 0 Å². The van der Waals surface area contributed by atoms with Crippen molar-refractivity contribution >= 4 is 11.6 Å². The van der Waals surface area contributed by atoms with Crippen molar-refractivity contribution in [2.24, 2.45) is 0 Å². The van der Waals surface area contributed by atoms with Crippen molar-refractivity contribution in [3.05, 3.63) is 39.2 Å². The Morgan fingerprint density at radius 1 is 1.35 bits per heavy atom. The highest BCUT2D eigenvalue weighted by atomic mass is 19.1. The Morgan fingerprint density at radius 3 is 2.39 bits per heavy atom. The summed E-state index contributed by atoms with van der Waals surface area (Å²) in [6, 6.07) is 1.86. The molecule has 1 amide bonds. The summed E-state index contributed by atoms with van der Waals surface area (Å²) in [5, 5.41) is 24.1. The Bertz CT molecular complexity index is 584. The number of nitro groups is 1. The van der Waals surface area contributed by atoms with E-state index in [0.29, 0.717) is 12.8 Å².